The number of phenols is 1. The second-order valence-electron chi connectivity index (χ2n) is 5.41. The number of hydrazone groups is 1. The van der Waals surface area contributed by atoms with Crippen LogP contribution >= 0.6 is 11.6 Å². The Bertz CT molecular complexity index is 835. The molecule has 0 bridgehead atoms. The molecule has 0 saturated carbocycles. The molecule has 0 radical (unpaired) electrons. The van der Waals surface area contributed by atoms with Gasteiger partial charge in [-0.25, -0.2) is 5.43 Å². The molecule has 0 unspecified atom stereocenters. The molecule has 7 nitrogen and oxygen atoms in total. The van der Waals surface area contributed by atoms with Crippen LogP contribution in [0.15, 0.2) is 47.6 Å². The average molecular weight is 376 g/mol. The van der Waals surface area contributed by atoms with Crippen LogP contribution < -0.4 is 15.5 Å². The van der Waals surface area contributed by atoms with Crippen molar-refractivity contribution in [3.8, 4) is 11.5 Å². The lowest BCUT2D eigenvalue weighted by atomic mass is 10.2. The Morgan fingerprint density at radius 1 is 1.19 bits per heavy atom. The Balaban J connectivity index is 1.89. The third-order valence-electron chi connectivity index (χ3n) is 3.33. The second kappa shape index (κ2) is 8.87. The standard InChI is InChI=1S/C18H18ClN3O4/c1-11(21-22-18(25)12-3-6-14(23)7-4-12)9-17(24)20-13-5-8-16(26-2)15(19)10-13/h3-8,10,23H,9H2,1-2H3,(H,20,24)(H,22,25)/b21-11+. The number of nitrogens with one attached hydrogen (secondary N) is 2. The van der Waals surface area contributed by atoms with Crippen molar-refractivity contribution < 1.29 is 19.4 Å². The predicted octanol–water partition coefficient (Wildman–Crippen LogP) is 3.19. The highest BCUT2D eigenvalue weighted by Gasteiger charge is 2.08. The van der Waals surface area contributed by atoms with E-state index < -0.39 is 5.91 Å². The fourth-order valence-corrected chi connectivity index (χ4v) is 2.30. The van der Waals surface area contributed by atoms with Crippen LogP contribution in [-0.4, -0.2) is 29.7 Å². The zero-order valence-electron chi connectivity index (χ0n) is 14.2. The van der Waals surface area contributed by atoms with Gasteiger partial charge in [0.2, 0.25) is 5.91 Å². The summed E-state index contributed by atoms with van der Waals surface area (Å²) in [7, 11) is 1.51. The van der Waals surface area contributed by atoms with Gasteiger partial charge in [0.1, 0.15) is 11.5 Å². The van der Waals surface area contributed by atoms with Gasteiger partial charge in [-0.3, -0.25) is 9.59 Å². The minimum Gasteiger partial charge on any atom is -0.508 e. The lowest BCUT2D eigenvalue weighted by Gasteiger charge is -2.08. The summed E-state index contributed by atoms with van der Waals surface area (Å²) in [4.78, 5) is 23.9. The first-order valence-electron chi connectivity index (χ1n) is 7.65. The molecule has 0 atom stereocenters. The maximum absolute atomic E-state index is 12.0. The highest BCUT2D eigenvalue weighted by atomic mass is 35.5. The van der Waals surface area contributed by atoms with Crippen LogP contribution in [0.2, 0.25) is 5.02 Å². The van der Waals surface area contributed by atoms with E-state index in [4.69, 9.17) is 16.3 Å². The summed E-state index contributed by atoms with van der Waals surface area (Å²) < 4.78 is 5.05. The van der Waals surface area contributed by atoms with Crippen LogP contribution in [-0.2, 0) is 4.79 Å². The van der Waals surface area contributed by atoms with E-state index in [0.29, 0.717) is 27.7 Å². The number of nitrogens with zero attached hydrogens (tertiary/aromatic N) is 1. The van der Waals surface area contributed by atoms with Gasteiger partial charge in [0.25, 0.3) is 5.91 Å². The van der Waals surface area contributed by atoms with E-state index in [1.807, 2.05) is 0 Å². The molecule has 0 aliphatic carbocycles. The zero-order chi connectivity index (χ0) is 19.1. The number of carbonyl (C=O) groups is 2. The first kappa shape index (κ1) is 19.3. The van der Waals surface area contributed by atoms with Crippen molar-refractivity contribution in [1.29, 1.82) is 0 Å². The Morgan fingerprint density at radius 3 is 2.50 bits per heavy atom. The minimum atomic E-state index is -0.438. The van der Waals surface area contributed by atoms with Crippen LogP contribution in [0.25, 0.3) is 0 Å². The van der Waals surface area contributed by atoms with E-state index in [1.54, 1.807) is 25.1 Å². The molecule has 26 heavy (non-hydrogen) atoms. The number of aromatic hydroxyl groups is 1. The fourth-order valence-electron chi connectivity index (χ4n) is 2.04. The zero-order valence-corrected chi connectivity index (χ0v) is 15.0. The van der Waals surface area contributed by atoms with Crippen LogP contribution in [0.3, 0.4) is 0 Å². The Hall–Kier alpha value is -3.06. The summed E-state index contributed by atoms with van der Waals surface area (Å²) in [6.07, 6.45) is -0.000490. The van der Waals surface area contributed by atoms with Gasteiger partial charge in [-0.15, -0.1) is 0 Å². The van der Waals surface area contributed by atoms with Gasteiger partial charge < -0.3 is 15.2 Å². The second-order valence-corrected chi connectivity index (χ2v) is 5.82. The van der Waals surface area contributed by atoms with Gasteiger partial charge in [-0.05, 0) is 49.4 Å². The molecule has 0 aliphatic rings. The van der Waals surface area contributed by atoms with Crippen molar-refractivity contribution in [3.63, 3.8) is 0 Å². The molecule has 2 rings (SSSR count). The van der Waals surface area contributed by atoms with E-state index in [0.717, 1.165) is 0 Å². The van der Waals surface area contributed by atoms with Crippen LogP contribution in [0.4, 0.5) is 5.69 Å². The lowest BCUT2D eigenvalue weighted by Crippen LogP contribution is -2.21. The lowest BCUT2D eigenvalue weighted by molar-refractivity contribution is -0.115. The normalized spacial score (nSPS) is 11.0. The highest BCUT2D eigenvalue weighted by molar-refractivity contribution is 6.32. The van der Waals surface area contributed by atoms with Crippen molar-refractivity contribution in [3.05, 3.63) is 53.1 Å². The van der Waals surface area contributed by atoms with E-state index in [2.05, 4.69) is 15.8 Å². The maximum atomic E-state index is 12.0. The summed E-state index contributed by atoms with van der Waals surface area (Å²) >= 11 is 6.01. The number of methoxy groups -OCH3 is 1. The molecule has 0 fully saturated rings. The molecule has 2 aromatic rings. The number of rotatable bonds is 6. The van der Waals surface area contributed by atoms with Crippen LogP contribution in [0, 0.1) is 0 Å². The van der Waals surface area contributed by atoms with Gasteiger partial charge >= 0.3 is 0 Å². The van der Waals surface area contributed by atoms with Gasteiger partial charge in [-0.1, -0.05) is 11.6 Å². The number of amides is 2. The number of benzene rings is 2. The predicted molar refractivity (Wildman–Crippen MR) is 99.9 cm³/mol. The summed E-state index contributed by atoms with van der Waals surface area (Å²) in [5.74, 6) is -0.158. The van der Waals surface area contributed by atoms with Gasteiger partial charge in [0, 0.05) is 17.0 Å². The molecular weight excluding hydrogens is 358 g/mol. The molecule has 0 spiro atoms. The molecule has 136 valence electrons. The number of halogens is 1. The molecular formula is C18H18ClN3O4. The number of carbonyl (C=O) groups excluding carboxylic acids is 2. The number of anilines is 1. The number of hydrogen-bond acceptors (Lipinski definition) is 5. The third-order valence-corrected chi connectivity index (χ3v) is 3.63. The number of phenolic OH excluding ortho intramolecular Hbond substituents is 1. The maximum Gasteiger partial charge on any atom is 0.271 e. The van der Waals surface area contributed by atoms with Gasteiger partial charge in [0.05, 0.1) is 18.6 Å². The first-order chi connectivity index (χ1) is 12.4. The van der Waals surface area contributed by atoms with Crippen molar-refractivity contribution in [1.82, 2.24) is 5.43 Å². The molecule has 0 heterocycles. The van der Waals surface area contributed by atoms with E-state index >= 15 is 0 Å². The molecule has 0 aliphatic heterocycles. The van der Waals surface area contributed by atoms with Crippen LogP contribution in [0.1, 0.15) is 23.7 Å². The average Bonchev–Trinajstić information content (AvgIpc) is 2.60. The van der Waals surface area contributed by atoms with Crippen molar-refractivity contribution in [2.24, 2.45) is 5.10 Å². The van der Waals surface area contributed by atoms with E-state index in [-0.39, 0.29) is 18.1 Å². The fraction of sp³-hybridized carbons (Fsp3) is 0.167. The van der Waals surface area contributed by atoms with Gasteiger partial charge in [0.15, 0.2) is 0 Å². The van der Waals surface area contributed by atoms with Crippen LogP contribution in [0.5, 0.6) is 11.5 Å². The molecule has 2 aromatic carbocycles. The first-order valence-corrected chi connectivity index (χ1v) is 8.02. The Kier molecular flexibility index (Phi) is 6.57. The topological polar surface area (TPSA) is 100 Å². The SMILES string of the molecule is COc1ccc(NC(=O)C/C(C)=N/NC(=O)c2ccc(O)cc2)cc1Cl. The largest absolute Gasteiger partial charge is 0.508 e. The quantitative estimate of drug-likeness (QED) is 0.533. The molecule has 2 amide bonds. The molecule has 3 N–H and O–H groups in total. The summed E-state index contributed by atoms with van der Waals surface area (Å²) in [6, 6.07) is 10.6. The summed E-state index contributed by atoms with van der Waals surface area (Å²) in [5.41, 5.74) is 3.66. The molecule has 8 heteroatoms. The molecule has 0 saturated heterocycles. The summed E-state index contributed by atoms with van der Waals surface area (Å²) in [6.45, 7) is 1.62. The Labute approximate surface area is 155 Å². The van der Waals surface area contributed by atoms with Crippen molar-refractivity contribution in [2.45, 2.75) is 13.3 Å². The number of ether oxygens (including phenoxy) is 1. The van der Waals surface area contributed by atoms with Crippen molar-refractivity contribution in [2.75, 3.05) is 12.4 Å². The Morgan fingerprint density at radius 2 is 1.88 bits per heavy atom. The van der Waals surface area contributed by atoms with Gasteiger partial charge in [-0.2, -0.15) is 5.10 Å². The highest BCUT2D eigenvalue weighted by Crippen LogP contribution is 2.27. The number of hydrogen-bond donors (Lipinski definition) is 3. The monoisotopic (exact) mass is 375 g/mol. The third kappa shape index (κ3) is 5.49. The van der Waals surface area contributed by atoms with E-state index in [9.17, 15) is 14.7 Å². The minimum absolute atomic E-state index is 0.000490. The van der Waals surface area contributed by atoms with Crippen molar-refractivity contribution >= 4 is 34.8 Å². The van der Waals surface area contributed by atoms with E-state index in [1.165, 1.54) is 31.4 Å². The molecule has 0 aromatic heterocycles. The summed E-state index contributed by atoms with van der Waals surface area (Å²) in [5, 5.41) is 16.2. The smallest absolute Gasteiger partial charge is 0.271 e.